The van der Waals surface area contributed by atoms with Gasteiger partial charge in [0.05, 0.1) is 11.3 Å². The van der Waals surface area contributed by atoms with Crippen LogP contribution in [0.5, 0.6) is 0 Å². The van der Waals surface area contributed by atoms with Crippen LogP contribution in [0.1, 0.15) is 32.8 Å². The normalized spacial score (nSPS) is 25.0. The summed E-state index contributed by atoms with van der Waals surface area (Å²) in [5, 5.41) is 9.08. The Morgan fingerprint density at radius 3 is 2.33 bits per heavy atom. The number of carbonyl (C=O) groups is 3. The van der Waals surface area contributed by atoms with Crippen LogP contribution in [0.2, 0.25) is 0 Å². The van der Waals surface area contributed by atoms with Gasteiger partial charge < -0.3 is 5.11 Å². The molecule has 21 heavy (non-hydrogen) atoms. The highest BCUT2D eigenvalue weighted by atomic mass is 16.4. The monoisotopic (exact) mass is 289 g/mol. The predicted molar refractivity (Wildman–Crippen MR) is 76.5 cm³/mol. The maximum Gasteiger partial charge on any atom is 0.308 e. The van der Waals surface area contributed by atoms with E-state index in [9.17, 15) is 14.4 Å². The van der Waals surface area contributed by atoms with Crippen LogP contribution < -0.4 is 0 Å². The molecule has 2 rings (SSSR count). The SMILES string of the molecule is CC(C(=O)O)C(C)N1C(=O)CC(C)(c2ccccc2)C1=O. The zero-order chi connectivity index (χ0) is 15.8. The van der Waals surface area contributed by atoms with Crippen LogP contribution in [0.25, 0.3) is 0 Å². The maximum atomic E-state index is 12.7. The van der Waals surface area contributed by atoms with Crippen molar-refractivity contribution < 1.29 is 19.5 Å². The van der Waals surface area contributed by atoms with Gasteiger partial charge in [-0.25, -0.2) is 0 Å². The molecular weight excluding hydrogens is 270 g/mol. The molecule has 0 radical (unpaired) electrons. The predicted octanol–water partition coefficient (Wildman–Crippen LogP) is 1.81. The Balaban J connectivity index is 2.35. The number of carbonyl (C=O) groups excluding carboxylic acids is 2. The van der Waals surface area contributed by atoms with Gasteiger partial charge in [-0.1, -0.05) is 30.3 Å². The fraction of sp³-hybridized carbons (Fsp3) is 0.438. The quantitative estimate of drug-likeness (QED) is 0.858. The molecule has 112 valence electrons. The Bertz CT molecular complexity index is 583. The number of likely N-dealkylation sites (tertiary alicyclic amines) is 1. The summed E-state index contributed by atoms with van der Waals surface area (Å²) in [7, 11) is 0. The van der Waals surface area contributed by atoms with E-state index in [1.807, 2.05) is 30.3 Å². The summed E-state index contributed by atoms with van der Waals surface area (Å²) in [5.74, 6) is -2.45. The lowest BCUT2D eigenvalue weighted by atomic mass is 9.81. The molecule has 1 heterocycles. The fourth-order valence-electron chi connectivity index (χ4n) is 2.72. The molecule has 0 saturated carbocycles. The third-order valence-corrected chi connectivity index (χ3v) is 4.40. The van der Waals surface area contributed by atoms with Gasteiger partial charge in [-0.05, 0) is 26.3 Å². The minimum atomic E-state index is -1.02. The lowest BCUT2D eigenvalue weighted by Gasteiger charge is -2.28. The molecule has 5 heteroatoms. The molecule has 3 unspecified atom stereocenters. The Hall–Kier alpha value is -2.17. The van der Waals surface area contributed by atoms with Gasteiger partial charge in [0, 0.05) is 12.5 Å². The van der Waals surface area contributed by atoms with E-state index < -0.39 is 23.3 Å². The van der Waals surface area contributed by atoms with Crippen LogP contribution in [0.15, 0.2) is 30.3 Å². The van der Waals surface area contributed by atoms with Crippen LogP contribution in [0, 0.1) is 5.92 Å². The van der Waals surface area contributed by atoms with E-state index >= 15 is 0 Å². The molecule has 0 spiro atoms. The highest BCUT2D eigenvalue weighted by Crippen LogP contribution is 2.38. The highest BCUT2D eigenvalue weighted by molar-refractivity contribution is 6.09. The fourth-order valence-corrected chi connectivity index (χ4v) is 2.72. The van der Waals surface area contributed by atoms with Crippen molar-refractivity contribution in [3.8, 4) is 0 Å². The zero-order valence-electron chi connectivity index (χ0n) is 12.4. The van der Waals surface area contributed by atoms with Crippen LogP contribution in [-0.2, 0) is 19.8 Å². The molecule has 1 aliphatic rings. The molecule has 1 saturated heterocycles. The number of hydrogen-bond acceptors (Lipinski definition) is 3. The van der Waals surface area contributed by atoms with Gasteiger partial charge >= 0.3 is 5.97 Å². The topological polar surface area (TPSA) is 74.7 Å². The minimum Gasteiger partial charge on any atom is -0.481 e. The van der Waals surface area contributed by atoms with Crippen molar-refractivity contribution in [2.24, 2.45) is 5.92 Å². The van der Waals surface area contributed by atoms with E-state index in [4.69, 9.17) is 5.11 Å². The van der Waals surface area contributed by atoms with Crippen molar-refractivity contribution in [1.82, 2.24) is 4.90 Å². The van der Waals surface area contributed by atoms with E-state index in [0.717, 1.165) is 10.5 Å². The Labute approximate surface area is 123 Å². The third kappa shape index (κ3) is 2.44. The first kappa shape index (κ1) is 15.2. The van der Waals surface area contributed by atoms with Gasteiger partial charge in [-0.2, -0.15) is 0 Å². The molecule has 1 N–H and O–H groups in total. The summed E-state index contributed by atoms with van der Waals surface area (Å²) in [4.78, 5) is 37.2. The van der Waals surface area contributed by atoms with Gasteiger partial charge in [-0.3, -0.25) is 19.3 Å². The van der Waals surface area contributed by atoms with E-state index in [-0.39, 0.29) is 18.2 Å². The second kappa shape index (κ2) is 5.31. The lowest BCUT2D eigenvalue weighted by molar-refractivity contribution is -0.148. The van der Waals surface area contributed by atoms with Crippen molar-refractivity contribution in [2.45, 2.75) is 38.6 Å². The molecular formula is C16H19NO4. The number of aliphatic carboxylic acids is 1. The number of imide groups is 1. The summed E-state index contributed by atoms with van der Waals surface area (Å²) < 4.78 is 0. The number of benzene rings is 1. The van der Waals surface area contributed by atoms with Gasteiger partial charge in [0.2, 0.25) is 11.8 Å². The lowest BCUT2D eigenvalue weighted by Crippen LogP contribution is -2.46. The second-order valence-corrected chi connectivity index (χ2v) is 5.81. The molecule has 1 aromatic carbocycles. The standard InChI is InChI=1S/C16H19NO4/c1-10(14(19)20)11(2)17-13(18)9-16(3,15(17)21)12-7-5-4-6-8-12/h4-8,10-11H,9H2,1-3H3,(H,19,20). The number of amides is 2. The molecule has 1 aliphatic heterocycles. The number of hydrogen-bond donors (Lipinski definition) is 1. The minimum absolute atomic E-state index is 0.0759. The largest absolute Gasteiger partial charge is 0.481 e. The summed E-state index contributed by atoms with van der Waals surface area (Å²) >= 11 is 0. The Kier molecular flexibility index (Phi) is 3.85. The number of rotatable bonds is 4. The molecule has 5 nitrogen and oxygen atoms in total. The van der Waals surface area contributed by atoms with Gasteiger partial charge in [0.1, 0.15) is 0 Å². The third-order valence-electron chi connectivity index (χ3n) is 4.40. The number of carboxylic acids is 1. The average Bonchev–Trinajstić information content (AvgIpc) is 2.69. The van der Waals surface area contributed by atoms with E-state index in [1.165, 1.54) is 6.92 Å². The summed E-state index contributed by atoms with van der Waals surface area (Å²) in [6, 6.07) is 8.48. The number of nitrogens with zero attached hydrogens (tertiary/aromatic N) is 1. The first-order valence-electron chi connectivity index (χ1n) is 6.94. The van der Waals surface area contributed by atoms with Crippen molar-refractivity contribution in [3.63, 3.8) is 0 Å². The first-order chi connectivity index (χ1) is 9.79. The molecule has 0 aromatic heterocycles. The van der Waals surface area contributed by atoms with Crippen LogP contribution in [-0.4, -0.2) is 33.8 Å². The summed E-state index contributed by atoms with van der Waals surface area (Å²) in [6.07, 6.45) is 0.0759. The smallest absolute Gasteiger partial charge is 0.308 e. The molecule has 1 fully saturated rings. The van der Waals surface area contributed by atoms with E-state index in [0.29, 0.717) is 0 Å². The van der Waals surface area contributed by atoms with Crippen molar-refractivity contribution >= 4 is 17.8 Å². The Morgan fingerprint density at radius 1 is 1.24 bits per heavy atom. The van der Waals surface area contributed by atoms with Gasteiger partial charge in [0.15, 0.2) is 0 Å². The van der Waals surface area contributed by atoms with Crippen LogP contribution in [0.4, 0.5) is 0 Å². The molecule has 1 aromatic rings. The number of carboxylic acid groups (broad SMARTS) is 1. The highest BCUT2D eigenvalue weighted by Gasteiger charge is 2.51. The van der Waals surface area contributed by atoms with Crippen molar-refractivity contribution in [2.75, 3.05) is 0 Å². The molecule has 3 atom stereocenters. The molecule has 2 amide bonds. The van der Waals surface area contributed by atoms with Crippen LogP contribution >= 0.6 is 0 Å². The average molecular weight is 289 g/mol. The van der Waals surface area contributed by atoms with Crippen molar-refractivity contribution in [1.29, 1.82) is 0 Å². The maximum absolute atomic E-state index is 12.7. The van der Waals surface area contributed by atoms with Gasteiger partial charge in [0.25, 0.3) is 0 Å². The van der Waals surface area contributed by atoms with Crippen molar-refractivity contribution in [3.05, 3.63) is 35.9 Å². The second-order valence-electron chi connectivity index (χ2n) is 5.81. The molecule has 0 bridgehead atoms. The first-order valence-corrected chi connectivity index (χ1v) is 6.94. The Morgan fingerprint density at radius 2 is 1.81 bits per heavy atom. The zero-order valence-corrected chi connectivity index (χ0v) is 12.4. The van der Waals surface area contributed by atoms with Crippen LogP contribution in [0.3, 0.4) is 0 Å². The summed E-state index contributed by atoms with van der Waals surface area (Å²) in [6.45, 7) is 4.85. The van der Waals surface area contributed by atoms with E-state index in [2.05, 4.69) is 0 Å². The van der Waals surface area contributed by atoms with Gasteiger partial charge in [-0.15, -0.1) is 0 Å². The summed E-state index contributed by atoms with van der Waals surface area (Å²) in [5.41, 5.74) is -0.133. The van der Waals surface area contributed by atoms with E-state index in [1.54, 1.807) is 13.8 Å². The molecule has 0 aliphatic carbocycles.